The predicted molar refractivity (Wildman–Crippen MR) is 96.4 cm³/mol. The summed E-state index contributed by atoms with van der Waals surface area (Å²) in [4.78, 5) is 12.3. The molecule has 0 spiro atoms. The van der Waals surface area contributed by atoms with Crippen molar-refractivity contribution in [1.82, 2.24) is 0 Å². The summed E-state index contributed by atoms with van der Waals surface area (Å²) in [5.74, 6) is 1.29. The zero-order valence-electron chi connectivity index (χ0n) is 12.1. The van der Waals surface area contributed by atoms with E-state index in [0.29, 0.717) is 23.3 Å². The monoisotopic (exact) mass is 406 g/mol. The predicted octanol–water partition coefficient (Wildman–Crippen LogP) is 4.85. The third-order valence-electron chi connectivity index (χ3n) is 3.28. The molecule has 1 heterocycles. The van der Waals surface area contributed by atoms with Gasteiger partial charge < -0.3 is 9.15 Å². The lowest BCUT2D eigenvalue weighted by atomic mass is 10.1. The first-order valence-corrected chi connectivity index (χ1v) is 8.22. The van der Waals surface area contributed by atoms with Crippen molar-refractivity contribution in [1.29, 1.82) is 0 Å². The van der Waals surface area contributed by atoms with Crippen molar-refractivity contribution < 1.29 is 9.15 Å². The minimum Gasteiger partial charge on any atom is -0.493 e. The van der Waals surface area contributed by atoms with E-state index in [1.54, 1.807) is 24.3 Å². The molecule has 0 N–H and O–H groups in total. The van der Waals surface area contributed by atoms with Crippen molar-refractivity contribution in [3.63, 3.8) is 0 Å². The number of hydrogen-bond donors (Lipinski definition) is 0. The van der Waals surface area contributed by atoms with E-state index in [9.17, 15) is 4.79 Å². The summed E-state index contributed by atoms with van der Waals surface area (Å²) < 4.78 is 12.6. The third-order valence-corrected chi connectivity index (χ3v) is 3.95. The van der Waals surface area contributed by atoms with Crippen LogP contribution in [0.5, 0.6) is 5.75 Å². The average Bonchev–Trinajstić information content (AvgIpc) is 2.52. The maximum atomic E-state index is 12.3. The van der Waals surface area contributed by atoms with Crippen LogP contribution in [-0.4, -0.2) is 6.61 Å². The first-order valence-electron chi connectivity index (χ1n) is 7.14. The van der Waals surface area contributed by atoms with E-state index in [-0.39, 0.29) is 5.43 Å². The van der Waals surface area contributed by atoms with Gasteiger partial charge in [0.15, 0.2) is 5.43 Å². The highest BCUT2D eigenvalue weighted by molar-refractivity contribution is 14.1. The Balaban J connectivity index is 2.11. The summed E-state index contributed by atoms with van der Waals surface area (Å²) >= 11 is 2.24. The largest absolute Gasteiger partial charge is 0.493 e. The van der Waals surface area contributed by atoms with Gasteiger partial charge in [0.2, 0.25) is 0 Å². The Morgan fingerprint density at radius 2 is 2.00 bits per heavy atom. The van der Waals surface area contributed by atoms with Crippen LogP contribution in [0.2, 0.25) is 0 Å². The molecule has 0 aliphatic carbocycles. The van der Waals surface area contributed by atoms with Crippen LogP contribution in [0.4, 0.5) is 0 Å². The van der Waals surface area contributed by atoms with Gasteiger partial charge in [0.1, 0.15) is 17.1 Å². The van der Waals surface area contributed by atoms with Gasteiger partial charge in [-0.05, 0) is 53.3 Å². The number of halogens is 1. The molecule has 0 amide bonds. The van der Waals surface area contributed by atoms with Crippen LogP contribution in [0.25, 0.3) is 22.3 Å². The minimum absolute atomic E-state index is 0.0443. The summed E-state index contributed by atoms with van der Waals surface area (Å²) in [6.07, 6.45) is 0.935. The number of ether oxygens (including phenoxy) is 1. The minimum atomic E-state index is -0.0443. The van der Waals surface area contributed by atoms with Crippen molar-refractivity contribution in [2.24, 2.45) is 0 Å². The van der Waals surface area contributed by atoms with Gasteiger partial charge in [-0.25, -0.2) is 0 Å². The van der Waals surface area contributed by atoms with E-state index in [0.717, 1.165) is 21.3 Å². The topological polar surface area (TPSA) is 39.4 Å². The molecular weight excluding hydrogens is 391 g/mol. The van der Waals surface area contributed by atoms with Gasteiger partial charge in [0.25, 0.3) is 0 Å². The van der Waals surface area contributed by atoms with E-state index in [4.69, 9.17) is 9.15 Å². The highest BCUT2D eigenvalue weighted by Gasteiger charge is 2.08. The highest BCUT2D eigenvalue weighted by Crippen LogP contribution is 2.25. The van der Waals surface area contributed by atoms with Gasteiger partial charge in [-0.3, -0.25) is 4.79 Å². The van der Waals surface area contributed by atoms with E-state index in [1.165, 1.54) is 0 Å². The maximum Gasteiger partial charge on any atom is 0.193 e. The number of rotatable bonds is 4. The molecule has 3 nitrogen and oxygen atoms in total. The fourth-order valence-electron chi connectivity index (χ4n) is 2.23. The molecule has 3 rings (SSSR count). The van der Waals surface area contributed by atoms with Crippen molar-refractivity contribution >= 4 is 33.6 Å². The fourth-order valence-corrected chi connectivity index (χ4v) is 2.77. The van der Waals surface area contributed by atoms with Crippen LogP contribution in [0.1, 0.15) is 13.3 Å². The molecule has 0 bridgehead atoms. The Hall–Kier alpha value is -1.82. The molecule has 0 radical (unpaired) electrons. The maximum absolute atomic E-state index is 12.3. The van der Waals surface area contributed by atoms with Gasteiger partial charge in [-0.2, -0.15) is 0 Å². The SMILES string of the molecule is CCCOc1ccc2c(=O)cc(-c3cccc(I)c3)oc2c1. The van der Waals surface area contributed by atoms with Gasteiger partial charge in [0, 0.05) is 21.3 Å². The lowest BCUT2D eigenvalue weighted by Crippen LogP contribution is -2.01. The molecule has 2 aromatic carbocycles. The average molecular weight is 406 g/mol. The molecule has 112 valence electrons. The lowest BCUT2D eigenvalue weighted by Gasteiger charge is -2.07. The Kier molecular flexibility index (Phi) is 4.47. The van der Waals surface area contributed by atoms with Gasteiger partial charge in [-0.15, -0.1) is 0 Å². The van der Waals surface area contributed by atoms with Gasteiger partial charge in [0.05, 0.1) is 12.0 Å². The molecule has 0 atom stereocenters. The summed E-state index contributed by atoms with van der Waals surface area (Å²) in [6.45, 7) is 2.70. The number of hydrogen-bond acceptors (Lipinski definition) is 3. The van der Waals surface area contributed by atoms with Crippen molar-refractivity contribution in [3.05, 3.63) is 62.3 Å². The molecule has 3 aromatic rings. The number of benzene rings is 2. The van der Waals surface area contributed by atoms with E-state index in [2.05, 4.69) is 29.5 Å². The second-order valence-electron chi connectivity index (χ2n) is 4.99. The fraction of sp³-hybridized carbons (Fsp3) is 0.167. The number of fused-ring (bicyclic) bond motifs is 1. The Morgan fingerprint density at radius 3 is 2.77 bits per heavy atom. The van der Waals surface area contributed by atoms with Gasteiger partial charge >= 0.3 is 0 Å². The summed E-state index contributed by atoms with van der Waals surface area (Å²) in [5, 5.41) is 0.568. The molecule has 22 heavy (non-hydrogen) atoms. The van der Waals surface area contributed by atoms with Crippen LogP contribution < -0.4 is 10.2 Å². The Bertz CT molecular complexity index is 868. The van der Waals surface area contributed by atoms with Crippen LogP contribution in [0, 0.1) is 3.57 Å². The highest BCUT2D eigenvalue weighted by atomic mass is 127. The standard InChI is InChI=1S/C18H15IO3/c1-2-8-21-14-6-7-15-16(20)11-17(22-18(15)10-14)12-4-3-5-13(19)9-12/h3-7,9-11H,2,8H2,1H3. The molecule has 1 aromatic heterocycles. The summed E-state index contributed by atoms with van der Waals surface area (Å²) in [6, 6.07) is 14.8. The normalized spacial score (nSPS) is 10.8. The van der Waals surface area contributed by atoms with Crippen molar-refractivity contribution in [3.8, 4) is 17.1 Å². The van der Waals surface area contributed by atoms with E-state index in [1.807, 2.05) is 24.3 Å². The summed E-state index contributed by atoms with van der Waals surface area (Å²) in [7, 11) is 0. The second-order valence-corrected chi connectivity index (χ2v) is 6.24. The second kappa shape index (κ2) is 6.52. The first kappa shape index (κ1) is 15.1. The lowest BCUT2D eigenvalue weighted by molar-refractivity contribution is 0.317. The Labute approximate surface area is 142 Å². The van der Waals surface area contributed by atoms with Crippen LogP contribution >= 0.6 is 22.6 Å². The third kappa shape index (κ3) is 3.16. The van der Waals surface area contributed by atoms with Crippen LogP contribution in [0.3, 0.4) is 0 Å². The molecule has 0 aliphatic rings. The van der Waals surface area contributed by atoms with Crippen molar-refractivity contribution in [2.45, 2.75) is 13.3 Å². The molecule has 0 saturated heterocycles. The van der Waals surface area contributed by atoms with E-state index >= 15 is 0 Å². The molecule has 0 fully saturated rings. The van der Waals surface area contributed by atoms with Gasteiger partial charge in [-0.1, -0.05) is 19.1 Å². The van der Waals surface area contributed by atoms with Crippen LogP contribution in [-0.2, 0) is 0 Å². The molecule has 0 saturated carbocycles. The molecule has 4 heteroatoms. The summed E-state index contributed by atoms with van der Waals surface area (Å²) in [5.41, 5.74) is 1.40. The smallest absolute Gasteiger partial charge is 0.193 e. The first-order chi connectivity index (χ1) is 10.7. The molecule has 0 aliphatic heterocycles. The zero-order chi connectivity index (χ0) is 15.5. The molecule has 0 unspecified atom stereocenters. The van der Waals surface area contributed by atoms with Crippen molar-refractivity contribution in [2.75, 3.05) is 6.61 Å². The quantitative estimate of drug-likeness (QED) is 0.582. The van der Waals surface area contributed by atoms with Crippen LogP contribution in [0.15, 0.2) is 57.7 Å². The van der Waals surface area contributed by atoms with E-state index < -0.39 is 0 Å². The zero-order valence-corrected chi connectivity index (χ0v) is 14.3. The Morgan fingerprint density at radius 1 is 1.14 bits per heavy atom. The molecular formula is C18H15IO3.